The highest BCUT2D eigenvalue weighted by Crippen LogP contribution is 2.27. The molecule has 72 valence electrons. The van der Waals surface area contributed by atoms with Crippen LogP contribution in [0.4, 0.5) is 0 Å². The summed E-state index contributed by atoms with van der Waals surface area (Å²) in [5, 5.41) is 0.746. The number of nitrogens with two attached hydrogens (primary N) is 1. The van der Waals surface area contributed by atoms with Crippen LogP contribution in [0.5, 0.6) is 0 Å². The fraction of sp³-hybridized carbons (Fsp3) is 0.400. The van der Waals surface area contributed by atoms with E-state index < -0.39 is 0 Å². The van der Waals surface area contributed by atoms with E-state index >= 15 is 0 Å². The van der Waals surface area contributed by atoms with Crippen LogP contribution in [-0.4, -0.2) is 0 Å². The molecule has 2 N–H and O–H groups in total. The monoisotopic (exact) mass is 261 g/mol. The van der Waals surface area contributed by atoms with Crippen LogP contribution in [-0.2, 0) is 0 Å². The van der Waals surface area contributed by atoms with Crippen LogP contribution in [0.25, 0.3) is 0 Å². The molecule has 1 rings (SSSR count). The summed E-state index contributed by atoms with van der Waals surface area (Å²) in [6.45, 7) is 2.12. The number of halogens is 2. The van der Waals surface area contributed by atoms with Crippen molar-refractivity contribution in [2.75, 3.05) is 0 Å². The molecule has 0 bridgehead atoms. The van der Waals surface area contributed by atoms with Gasteiger partial charge in [0, 0.05) is 15.5 Å². The molecule has 0 spiro atoms. The molecule has 1 aromatic rings. The molecule has 0 aromatic heterocycles. The van der Waals surface area contributed by atoms with Crippen LogP contribution in [0.1, 0.15) is 31.4 Å². The second-order valence-corrected chi connectivity index (χ2v) is 4.38. The third-order valence-corrected chi connectivity index (χ3v) is 2.78. The lowest BCUT2D eigenvalue weighted by atomic mass is 10.0. The first-order valence-corrected chi connectivity index (χ1v) is 5.52. The van der Waals surface area contributed by atoms with Gasteiger partial charge >= 0.3 is 0 Å². The van der Waals surface area contributed by atoms with Gasteiger partial charge in [-0.1, -0.05) is 46.9 Å². The van der Waals surface area contributed by atoms with Gasteiger partial charge in [-0.2, -0.15) is 0 Å². The maximum absolute atomic E-state index is 6.05. The quantitative estimate of drug-likeness (QED) is 0.878. The molecule has 0 aliphatic rings. The molecule has 0 radical (unpaired) electrons. The molecule has 0 fully saturated rings. The fourth-order valence-electron chi connectivity index (χ4n) is 1.27. The zero-order valence-electron chi connectivity index (χ0n) is 7.56. The highest BCUT2D eigenvalue weighted by molar-refractivity contribution is 9.10. The molecule has 0 aliphatic carbocycles. The van der Waals surface area contributed by atoms with E-state index in [1.807, 2.05) is 18.2 Å². The Kier molecular flexibility index (Phi) is 4.23. The molecule has 1 aromatic carbocycles. The van der Waals surface area contributed by atoms with Crippen LogP contribution < -0.4 is 5.73 Å². The van der Waals surface area contributed by atoms with Crippen molar-refractivity contribution in [3.05, 3.63) is 33.3 Å². The van der Waals surface area contributed by atoms with E-state index in [1.54, 1.807) is 0 Å². The predicted octanol–water partition coefficient (Wildman–Crippen LogP) is 3.90. The third-order valence-electron chi connectivity index (χ3n) is 1.96. The standard InChI is InChI=1S/C10H13BrClN/c1-2-3-10(13)8-5-4-7(11)6-9(8)12/h4-6,10H,2-3,13H2,1H3/t10-/m1/s1. The van der Waals surface area contributed by atoms with Crippen LogP contribution in [0.15, 0.2) is 22.7 Å². The van der Waals surface area contributed by atoms with Crippen molar-refractivity contribution in [1.29, 1.82) is 0 Å². The second kappa shape index (κ2) is 4.99. The van der Waals surface area contributed by atoms with E-state index in [0.717, 1.165) is 27.9 Å². The molecule has 0 heterocycles. The first-order chi connectivity index (χ1) is 6.15. The maximum Gasteiger partial charge on any atom is 0.0464 e. The van der Waals surface area contributed by atoms with Crippen LogP contribution in [0.3, 0.4) is 0 Å². The van der Waals surface area contributed by atoms with Gasteiger partial charge in [0.15, 0.2) is 0 Å². The molecule has 1 nitrogen and oxygen atoms in total. The Balaban J connectivity index is 2.88. The third kappa shape index (κ3) is 2.97. The van der Waals surface area contributed by atoms with Gasteiger partial charge in [-0.05, 0) is 24.1 Å². The minimum Gasteiger partial charge on any atom is -0.324 e. The minimum absolute atomic E-state index is 0.0607. The summed E-state index contributed by atoms with van der Waals surface area (Å²) in [5.41, 5.74) is 6.99. The average Bonchev–Trinajstić information content (AvgIpc) is 2.04. The van der Waals surface area contributed by atoms with E-state index in [-0.39, 0.29) is 6.04 Å². The lowest BCUT2D eigenvalue weighted by Gasteiger charge is -2.12. The summed E-state index contributed by atoms with van der Waals surface area (Å²) >= 11 is 9.41. The van der Waals surface area contributed by atoms with Gasteiger partial charge in [-0.15, -0.1) is 0 Å². The Hall–Kier alpha value is -0.0500. The van der Waals surface area contributed by atoms with Crippen LogP contribution in [0, 0.1) is 0 Å². The summed E-state index contributed by atoms with van der Waals surface area (Å²) < 4.78 is 0.991. The maximum atomic E-state index is 6.05. The van der Waals surface area contributed by atoms with Crippen molar-refractivity contribution in [3.8, 4) is 0 Å². The first kappa shape index (κ1) is 11.0. The first-order valence-electron chi connectivity index (χ1n) is 4.35. The van der Waals surface area contributed by atoms with Gasteiger partial charge in [0.05, 0.1) is 0 Å². The number of rotatable bonds is 3. The molecular weight excluding hydrogens is 249 g/mol. The summed E-state index contributed by atoms with van der Waals surface area (Å²) in [6.07, 6.45) is 2.05. The van der Waals surface area contributed by atoms with Crippen molar-refractivity contribution >= 4 is 27.5 Å². The van der Waals surface area contributed by atoms with Gasteiger partial charge in [0.1, 0.15) is 0 Å². The average molecular weight is 263 g/mol. The highest BCUT2D eigenvalue weighted by atomic mass is 79.9. The topological polar surface area (TPSA) is 26.0 Å². The van der Waals surface area contributed by atoms with E-state index in [9.17, 15) is 0 Å². The van der Waals surface area contributed by atoms with E-state index in [0.29, 0.717) is 0 Å². The molecule has 0 aliphatic heterocycles. The van der Waals surface area contributed by atoms with Gasteiger partial charge < -0.3 is 5.73 Å². The van der Waals surface area contributed by atoms with Crippen molar-refractivity contribution in [3.63, 3.8) is 0 Å². The SMILES string of the molecule is CCC[C@@H](N)c1ccc(Br)cc1Cl. The molecule has 0 amide bonds. The zero-order chi connectivity index (χ0) is 9.84. The lowest BCUT2D eigenvalue weighted by Crippen LogP contribution is -2.10. The Morgan fingerprint density at radius 3 is 2.77 bits per heavy atom. The fourth-order valence-corrected chi connectivity index (χ4v) is 2.08. The minimum atomic E-state index is 0.0607. The van der Waals surface area contributed by atoms with E-state index in [4.69, 9.17) is 17.3 Å². The smallest absolute Gasteiger partial charge is 0.0464 e. The molecule has 3 heteroatoms. The number of hydrogen-bond donors (Lipinski definition) is 1. The Morgan fingerprint density at radius 2 is 2.23 bits per heavy atom. The van der Waals surface area contributed by atoms with Crippen LogP contribution in [0.2, 0.25) is 5.02 Å². The lowest BCUT2D eigenvalue weighted by molar-refractivity contribution is 0.638. The van der Waals surface area contributed by atoms with Gasteiger partial charge in [-0.25, -0.2) is 0 Å². The normalized spacial score (nSPS) is 12.9. The summed E-state index contributed by atoms with van der Waals surface area (Å²) in [6, 6.07) is 5.89. The summed E-state index contributed by atoms with van der Waals surface area (Å²) in [4.78, 5) is 0. The second-order valence-electron chi connectivity index (χ2n) is 3.06. The van der Waals surface area contributed by atoms with Gasteiger partial charge in [0.2, 0.25) is 0 Å². The zero-order valence-corrected chi connectivity index (χ0v) is 9.90. The molecule has 0 saturated heterocycles. The Labute approximate surface area is 92.4 Å². The van der Waals surface area contributed by atoms with E-state index in [1.165, 1.54) is 0 Å². The van der Waals surface area contributed by atoms with Gasteiger partial charge in [0.25, 0.3) is 0 Å². The van der Waals surface area contributed by atoms with Crippen molar-refractivity contribution < 1.29 is 0 Å². The van der Waals surface area contributed by atoms with Crippen molar-refractivity contribution in [2.45, 2.75) is 25.8 Å². The molecule has 0 unspecified atom stereocenters. The van der Waals surface area contributed by atoms with Crippen molar-refractivity contribution in [2.24, 2.45) is 5.73 Å². The largest absolute Gasteiger partial charge is 0.324 e. The van der Waals surface area contributed by atoms with E-state index in [2.05, 4.69) is 22.9 Å². The Morgan fingerprint density at radius 1 is 1.54 bits per heavy atom. The van der Waals surface area contributed by atoms with Crippen LogP contribution >= 0.6 is 27.5 Å². The number of benzene rings is 1. The molecular formula is C10H13BrClN. The molecule has 13 heavy (non-hydrogen) atoms. The Bertz CT molecular complexity index is 288. The molecule has 1 atom stereocenters. The highest BCUT2D eigenvalue weighted by Gasteiger charge is 2.08. The van der Waals surface area contributed by atoms with Crippen molar-refractivity contribution in [1.82, 2.24) is 0 Å². The van der Waals surface area contributed by atoms with Gasteiger partial charge in [-0.3, -0.25) is 0 Å². The summed E-state index contributed by atoms with van der Waals surface area (Å²) in [7, 11) is 0. The molecule has 0 saturated carbocycles. The predicted molar refractivity (Wildman–Crippen MR) is 61.0 cm³/mol. The summed E-state index contributed by atoms with van der Waals surface area (Å²) in [5.74, 6) is 0. The number of hydrogen-bond acceptors (Lipinski definition) is 1.